The van der Waals surface area contributed by atoms with E-state index in [1.54, 1.807) is 22.4 Å². The van der Waals surface area contributed by atoms with Gasteiger partial charge in [0.2, 0.25) is 5.91 Å². The van der Waals surface area contributed by atoms with Gasteiger partial charge in [-0.25, -0.2) is 0 Å². The number of ether oxygens (including phenoxy) is 1. The zero-order valence-electron chi connectivity index (χ0n) is 18.3. The van der Waals surface area contributed by atoms with Crippen molar-refractivity contribution < 1.29 is 9.53 Å². The van der Waals surface area contributed by atoms with E-state index >= 15 is 0 Å². The third kappa shape index (κ3) is 3.95. The highest BCUT2D eigenvalue weighted by molar-refractivity contribution is 7.99. The summed E-state index contributed by atoms with van der Waals surface area (Å²) in [6, 6.07) is 16.6. The molecule has 0 spiro atoms. The number of carbonyl (C=O) groups excluding carboxylic acids is 1. The molecule has 6 heteroatoms. The zero-order valence-corrected chi connectivity index (χ0v) is 19.1. The molecule has 5 nitrogen and oxygen atoms in total. The second-order valence-corrected chi connectivity index (χ2v) is 9.55. The number of pyridine rings is 1. The molecular formula is C26H26N2O3S. The molecule has 5 rings (SSSR count). The van der Waals surface area contributed by atoms with E-state index in [0.717, 1.165) is 40.4 Å². The Bertz CT molecular complexity index is 1230. The molecule has 1 aliphatic heterocycles. The zero-order chi connectivity index (χ0) is 22.2. The third-order valence-electron chi connectivity index (χ3n) is 6.29. The number of aryl methyl sites for hydroxylation is 1. The van der Waals surface area contributed by atoms with Gasteiger partial charge in [-0.05, 0) is 67.5 Å². The maximum atomic E-state index is 13.1. The van der Waals surface area contributed by atoms with Gasteiger partial charge in [0, 0.05) is 23.1 Å². The fourth-order valence-electron chi connectivity index (χ4n) is 4.24. The number of nitrogens with zero attached hydrogens (tertiary/aromatic N) is 1. The molecule has 1 unspecified atom stereocenters. The average molecular weight is 447 g/mol. The smallest absolute Gasteiger partial charge is 0.252 e. The maximum Gasteiger partial charge on any atom is 0.252 e. The number of carbonyl (C=O) groups is 1. The lowest BCUT2D eigenvalue weighted by molar-refractivity contribution is -0.118. The molecule has 2 aromatic carbocycles. The summed E-state index contributed by atoms with van der Waals surface area (Å²) in [7, 11) is 0. The van der Waals surface area contributed by atoms with Gasteiger partial charge in [0.1, 0.15) is 18.4 Å². The molecule has 32 heavy (non-hydrogen) atoms. The van der Waals surface area contributed by atoms with E-state index in [1.165, 1.54) is 11.1 Å². The Morgan fingerprint density at radius 1 is 1.12 bits per heavy atom. The quantitative estimate of drug-likeness (QED) is 0.565. The molecule has 1 N–H and O–H groups in total. The number of aromatic nitrogens is 1. The van der Waals surface area contributed by atoms with Crippen LogP contribution in [-0.4, -0.2) is 16.2 Å². The van der Waals surface area contributed by atoms with Crippen LogP contribution < -0.4 is 15.6 Å². The fraction of sp³-hybridized carbons (Fsp3) is 0.308. The van der Waals surface area contributed by atoms with Crippen LogP contribution in [0.15, 0.2) is 64.4 Å². The summed E-state index contributed by atoms with van der Waals surface area (Å²) in [6.45, 7) is 4.48. The highest BCUT2D eigenvalue weighted by Crippen LogP contribution is 2.48. The first kappa shape index (κ1) is 20.9. The molecule has 1 amide bonds. The number of hydrogen-bond donors (Lipinski definition) is 1. The molecule has 3 aromatic rings. The predicted octanol–water partition coefficient (Wildman–Crippen LogP) is 5.21. The van der Waals surface area contributed by atoms with Crippen LogP contribution in [-0.2, 0) is 11.4 Å². The second-order valence-electron chi connectivity index (χ2n) is 8.54. The Morgan fingerprint density at radius 3 is 2.66 bits per heavy atom. The summed E-state index contributed by atoms with van der Waals surface area (Å²) in [5.41, 5.74) is 5.04. The Hall–Kier alpha value is -2.99. The first-order chi connectivity index (χ1) is 15.5. The van der Waals surface area contributed by atoms with Gasteiger partial charge in [-0.15, -0.1) is 11.8 Å². The first-order valence-corrected chi connectivity index (χ1v) is 12.0. The van der Waals surface area contributed by atoms with Crippen molar-refractivity contribution in [2.75, 3.05) is 11.1 Å². The highest BCUT2D eigenvalue weighted by Gasteiger charge is 2.37. The molecule has 2 heterocycles. The van der Waals surface area contributed by atoms with Crippen LogP contribution in [0.5, 0.6) is 5.75 Å². The van der Waals surface area contributed by atoms with Crippen molar-refractivity contribution in [1.82, 2.24) is 4.57 Å². The SMILES string of the molecule is Cc1cccc(OCc2cc(=O)n3c(c2C2CC2)SCC3C(=O)Nc2ccccc2)c1C. The summed E-state index contributed by atoms with van der Waals surface area (Å²) in [5.74, 6) is 1.71. The lowest BCUT2D eigenvalue weighted by Crippen LogP contribution is -2.33. The minimum Gasteiger partial charge on any atom is -0.489 e. The second kappa shape index (κ2) is 8.51. The molecule has 0 bridgehead atoms. The molecule has 1 atom stereocenters. The molecule has 0 radical (unpaired) electrons. The Kier molecular flexibility index (Phi) is 5.55. The number of benzene rings is 2. The van der Waals surface area contributed by atoms with Gasteiger partial charge in [0.05, 0.1) is 5.03 Å². The number of amides is 1. The van der Waals surface area contributed by atoms with E-state index in [0.29, 0.717) is 18.3 Å². The van der Waals surface area contributed by atoms with Crippen LogP contribution in [0.1, 0.15) is 47.1 Å². The van der Waals surface area contributed by atoms with Crippen molar-refractivity contribution in [3.8, 4) is 5.75 Å². The minimum absolute atomic E-state index is 0.137. The van der Waals surface area contributed by atoms with E-state index < -0.39 is 6.04 Å². The van der Waals surface area contributed by atoms with Crippen LogP contribution in [0, 0.1) is 13.8 Å². The standard InChI is InChI=1S/C26H26N2O3S/c1-16-7-6-10-22(17(16)2)31-14-19-13-23(29)28-21(15-32-26(28)24(19)18-11-12-18)25(30)27-20-8-4-3-5-9-20/h3-10,13,18,21H,11-12,14-15H2,1-2H3,(H,27,30). The van der Waals surface area contributed by atoms with Gasteiger partial charge in [0.15, 0.2) is 0 Å². The predicted molar refractivity (Wildman–Crippen MR) is 128 cm³/mol. The third-order valence-corrected chi connectivity index (χ3v) is 7.46. The number of nitrogens with one attached hydrogen (secondary N) is 1. The summed E-state index contributed by atoms with van der Waals surface area (Å²) < 4.78 is 7.85. The van der Waals surface area contributed by atoms with Crippen molar-refractivity contribution in [1.29, 1.82) is 0 Å². The van der Waals surface area contributed by atoms with Gasteiger partial charge >= 0.3 is 0 Å². The Labute approximate surface area is 191 Å². The molecule has 2 aliphatic rings. The molecule has 164 valence electrons. The van der Waals surface area contributed by atoms with Crippen LogP contribution in [0.25, 0.3) is 0 Å². The van der Waals surface area contributed by atoms with Crippen LogP contribution in [0.4, 0.5) is 5.69 Å². The fourth-order valence-corrected chi connectivity index (χ4v) is 5.67. The van der Waals surface area contributed by atoms with Crippen LogP contribution >= 0.6 is 11.8 Å². The average Bonchev–Trinajstić information content (AvgIpc) is 3.52. The number of fused-ring (bicyclic) bond motifs is 1. The largest absolute Gasteiger partial charge is 0.489 e. The van der Waals surface area contributed by atoms with Gasteiger partial charge in [-0.1, -0.05) is 30.3 Å². The monoisotopic (exact) mass is 446 g/mol. The number of thioether (sulfide) groups is 1. The van der Waals surface area contributed by atoms with E-state index in [1.807, 2.05) is 42.5 Å². The Balaban J connectivity index is 1.44. The Morgan fingerprint density at radius 2 is 1.91 bits per heavy atom. The molecule has 1 aliphatic carbocycles. The lowest BCUT2D eigenvalue weighted by atomic mass is 10.1. The van der Waals surface area contributed by atoms with Gasteiger partial charge < -0.3 is 10.1 Å². The number of hydrogen-bond acceptors (Lipinski definition) is 4. The van der Waals surface area contributed by atoms with Crippen molar-refractivity contribution in [3.63, 3.8) is 0 Å². The van der Waals surface area contributed by atoms with Crippen molar-refractivity contribution in [3.05, 3.63) is 87.2 Å². The van der Waals surface area contributed by atoms with E-state index in [9.17, 15) is 9.59 Å². The molecule has 0 saturated heterocycles. The molecule has 1 saturated carbocycles. The molecular weight excluding hydrogens is 420 g/mol. The van der Waals surface area contributed by atoms with Crippen LogP contribution in [0.2, 0.25) is 0 Å². The van der Waals surface area contributed by atoms with E-state index in [-0.39, 0.29) is 11.5 Å². The normalized spacial score (nSPS) is 17.1. The molecule has 1 fully saturated rings. The van der Waals surface area contributed by atoms with Crippen molar-refractivity contribution in [2.45, 2.75) is 50.3 Å². The maximum absolute atomic E-state index is 13.1. The number of anilines is 1. The first-order valence-electron chi connectivity index (χ1n) is 11.0. The molecule has 1 aromatic heterocycles. The minimum atomic E-state index is -0.505. The number of rotatable bonds is 6. The number of para-hydroxylation sites is 1. The summed E-state index contributed by atoms with van der Waals surface area (Å²) >= 11 is 1.61. The van der Waals surface area contributed by atoms with Gasteiger partial charge in [-0.3, -0.25) is 14.2 Å². The van der Waals surface area contributed by atoms with Gasteiger partial charge in [0.25, 0.3) is 5.56 Å². The van der Waals surface area contributed by atoms with Gasteiger partial charge in [-0.2, -0.15) is 0 Å². The summed E-state index contributed by atoms with van der Waals surface area (Å²) in [5, 5.41) is 3.89. The topological polar surface area (TPSA) is 60.3 Å². The summed E-state index contributed by atoms with van der Waals surface area (Å²) in [6.07, 6.45) is 2.23. The van der Waals surface area contributed by atoms with E-state index in [2.05, 4.69) is 25.2 Å². The van der Waals surface area contributed by atoms with Crippen molar-refractivity contribution in [2.24, 2.45) is 0 Å². The highest BCUT2D eigenvalue weighted by atomic mass is 32.2. The lowest BCUT2D eigenvalue weighted by Gasteiger charge is -2.18. The van der Waals surface area contributed by atoms with Crippen molar-refractivity contribution >= 4 is 23.4 Å². The van der Waals surface area contributed by atoms with Crippen LogP contribution in [0.3, 0.4) is 0 Å². The van der Waals surface area contributed by atoms with E-state index in [4.69, 9.17) is 4.74 Å². The summed E-state index contributed by atoms with van der Waals surface area (Å²) in [4.78, 5) is 26.1.